The minimum absolute atomic E-state index is 0.220. The fraction of sp³-hybridized carbons (Fsp3) is 0.368. The number of rotatable bonds is 7. The summed E-state index contributed by atoms with van der Waals surface area (Å²) in [6, 6.07) is 16.8. The Labute approximate surface area is 131 Å². The summed E-state index contributed by atoms with van der Waals surface area (Å²) in [5.41, 5.74) is 3.89. The minimum Gasteiger partial charge on any atom is -0.493 e. The van der Waals surface area contributed by atoms with Crippen LogP contribution in [0, 0.1) is 0 Å². The largest absolute Gasteiger partial charge is 0.493 e. The molecule has 3 heteroatoms. The van der Waals surface area contributed by atoms with Crippen molar-refractivity contribution in [1.82, 2.24) is 5.32 Å². The molecule has 0 saturated heterocycles. The number of fused-ring (bicyclic) bond motifs is 1. The molecule has 0 fully saturated rings. The van der Waals surface area contributed by atoms with E-state index in [2.05, 4.69) is 47.8 Å². The van der Waals surface area contributed by atoms with E-state index in [-0.39, 0.29) is 6.61 Å². The van der Waals surface area contributed by atoms with Crippen LogP contribution < -0.4 is 10.1 Å². The van der Waals surface area contributed by atoms with Crippen molar-refractivity contribution in [2.24, 2.45) is 0 Å². The molecule has 0 amide bonds. The molecule has 1 aliphatic rings. The van der Waals surface area contributed by atoms with Gasteiger partial charge >= 0.3 is 0 Å². The van der Waals surface area contributed by atoms with Crippen molar-refractivity contribution < 1.29 is 9.84 Å². The van der Waals surface area contributed by atoms with Crippen LogP contribution in [-0.4, -0.2) is 24.9 Å². The first-order chi connectivity index (χ1) is 10.9. The van der Waals surface area contributed by atoms with Crippen molar-refractivity contribution in [3.8, 4) is 5.75 Å². The van der Waals surface area contributed by atoms with Gasteiger partial charge in [0.15, 0.2) is 0 Å². The van der Waals surface area contributed by atoms with Gasteiger partial charge in [0, 0.05) is 26.1 Å². The van der Waals surface area contributed by atoms with Gasteiger partial charge in [-0.1, -0.05) is 42.5 Å². The summed E-state index contributed by atoms with van der Waals surface area (Å²) < 4.78 is 5.54. The Bertz CT molecular complexity index is 598. The van der Waals surface area contributed by atoms with E-state index >= 15 is 0 Å². The van der Waals surface area contributed by atoms with Crippen LogP contribution in [0.25, 0.3) is 0 Å². The van der Waals surface area contributed by atoms with Gasteiger partial charge in [0.2, 0.25) is 0 Å². The van der Waals surface area contributed by atoms with Gasteiger partial charge in [-0.3, -0.25) is 0 Å². The second-order valence-electron chi connectivity index (χ2n) is 5.79. The summed E-state index contributed by atoms with van der Waals surface area (Å²) >= 11 is 0. The van der Waals surface area contributed by atoms with Gasteiger partial charge in [0.1, 0.15) is 5.75 Å². The standard InChI is InChI=1S/C19H23NO2/c21-10-8-18(16-4-2-1-3-5-16)14-20-13-15-6-7-19-17(12-15)9-11-22-19/h1-7,12,18,20-21H,8-11,13-14H2. The zero-order valence-corrected chi connectivity index (χ0v) is 12.8. The first-order valence-electron chi connectivity index (χ1n) is 7.98. The van der Waals surface area contributed by atoms with Crippen molar-refractivity contribution in [2.75, 3.05) is 19.8 Å². The van der Waals surface area contributed by atoms with Crippen LogP contribution >= 0.6 is 0 Å². The van der Waals surface area contributed by atoms with Gasteiger partial charge in [0.05, 0.1) is 6.61 Å². The molecule has 1 unspecified atom stereocenters. The summed E-state index contributed by atoms with van der Waals surface area (Å²) in [7, 11) is 0. The highest BCUT2D eigenvalue weighted by Crippen LogP contribution is 2.26. The maximum Gasteiger partial charge on any atom is 0.122 e. The smallest absolute Gasteiger partial charge is 0.122 e. The van der Waals surface area contributed by atoms with Crippen LogP contribution in [0.15, 0.2) is 48.5 Å². The maximum atomic E-state index is 9.28. The monoisotopic (exact) mass is 297 g/mol. The first kappa shape index (κ1) is 15.1. The molecule has 22 heavy (non-hydrogen) atoms. The number of hydrogen-bond donors (Lipinski definition) is 2. The Balaban J connectivity index is 1.56. The molecule has 0 aromatic heterocycles. The SMILES string of the molecule is OCCC(CNCc1ccc2c(c1)CCO2)c1ccccc1. The van der Waals surface area contributed by atoms with Crippen LogP contribution in [0.5, 0.6) is 5.75 Å². The molecule has 1 atom stereocenters. The number of hydrogen-bond acceptors (Lipinski definition) is 3. The fourth-order valence-electron chi connectivity index (χ4n) is 3.01. The zero-order valence-electron chi connectivity index (χ0n) is 12.8. The van der Waals surface area contributed by atoms with E-state index in [9.17, 15) is 5.11 Å². The normalized spacial score (nSPS) is 14.4. The molecule has 0 radical (unpaired) electrons. The van der Waals surface area contributed by atoms with Gasteiger partial charge < -0.3 is 15.2 Å². The number of aliphatic hydroxyl groups excluding tert-OH is 1. The van der Waals surface area contributed by atoms with E-state index in [1.165, 1.54) is 16.7 Å². The quantitative estimate of drug-likeness (QED) is 0.825. The van der Waals surface area contributed by atoms with Crippen LogP contribution in [0.1, 0.15) is 29.0 Å². The summed E-state index contributed by atoms with van der Waals surface area (Å²) in [6.45, 7) is 2.75. The highest BCUT2D eigenvalue weighted by molar-refractivity contribution is 5.39. The zero-order chi connectivity index (χ0) is 15.2. The lowest BCUT2D eigenvalue weighted by Gasteiger charge is -2.17. The number of ether oxygens (including phenoxy) is 1. The summed E-state index contributed by atoms with van der Waals surface area (Å²) in [6.07, 6.45) is 1.80. The average Bonchev–Trinajstić information content (AvgIpc) is 3.02. The average molecular weight is 297 g/mol. The van der Waals surface area contributed by atoms with Gasteiger partial charge in [-0.2, -0.15) is 0 Å². The molecular weight excluding hydrogens is 274 g/mol. The maximum absolute atomic E-state index is 9.28. The Morgan fingerprint density at radius 3 is 2.82 bits per heavy atom. The molecule has 0 spiro atoms. The van der Waals surface area contributed by atoms with E-state index in [1.807, 2.05) is 6.07 Å². The summed E-state index contributed by atoms with van der Waals surface area (Å²) in [5.74, 6) is 1.38. The highest BCUT2D eigenvalue weighted by Gasteiger charge is 2.13. The Morgan fingerprint density at radius 1 is 1.14 bits per heavy atom. The molecule has 1 aliphatic heterocycles. The second kappa shape index (κ2) is 7.43. The predicted molar refractivity (Wildman–Crippen MR) is 88.2 cm³/mol. The van der Waals surface area contributed by atoms with Crippen molar-refractivity contribution >= 4 is 0 Å². The first-order valence-corrected chi connectivity index (χ1v) is 7.98. The third kappa shape index (κ3) is 3.67. The minimum atomic E-state index is 0.220. The fourth-order valence-corrected chi connectivity index (χ4v) is 3.01. The van der Waals surface area contributed by atoms with Crippen molar-refractivity contribution in [3.05, 3.63) is 65.2 Å². The molecule has 2 N–H and O–H groups in total. The number of aliphatic hydroxyl groups is 1. The molecule has 1 heterocycles. The second-order valence-corrected chi connectivity index (χ2v) is 5.79. The molecule has 3 nitrogen and oxygen atoms in total. The summed E-state index contributed by atoms with van der Waals surface area (Å²) in [5, 5.41) is 12.8. The van der Waals surface area contributed by atoms with E-state index < -0.39 is 0 Å². The lowest BCUT2D eigenvalue weighted by molar-refractivity contribution is 0.273. The number of benzene rings is 2. The Morgan fingerprint density at radius 2 is 2.00 bits per heavy atom. The third-order valence-electron chi connectivity index (χ3n) is 4.22. The molecule has 2 aromatic carbocycles. The number of nitrogens with one attached hydrogen (secondary N) is 1. The van der Waals surface area contributed by atoms with Crippen LogP contribution in [0.3, 0.4) is 0 Å². The van der Waals surface area contributed by atoms with E-state index in [0.717, 1.165) is 38.3 Å². The van der Waals surface area contributed by atoms with Gasteiger partial charge in [-0.25, -0.2) is 0 Å². The molecule has 3 rings (SSSR count). The van der Waals surface area contributed by atoms with Gasteiger partial charge in [-0.05, 0) is 35.1 Å². The third-order valence-corrected chi connectivity index (χ3v) is 4.22. The lowest BCUT2D eigenvalue weighted by Crippen LogP contribution is -2.22. The topological polar surface area (TPSA) is 41.5 Å². The van der Waals surface area contributed by atoms with E-state index in [0.29, 0.717) is 5.92 Å². The molecule has 2 aromatic rings. The van der Waals surface area contributed by atoms with Crippen molar-refractivity contribution in [2.45, 2.75) is 25.3 Å². The predicted octanol–water partition coefficient (Wildman–Crippen LogP) is 2.88. The lowest BCUT2D eigenvalue weighted by atomic mass is 9.96. The van der Waals surface area contributed by atoms with Crippen LogP contribution in [0.2, 0.25) is 0 Å². The molecule has 0 bridgehead atoms. The molecule has 116 valence electrons. The van der Waals surface area contributed by atoms with E-state index in [4.69, 9.17) is 4.74 Å². The van der Waals surface area contributed by atoms with Crippen molar-refractivity contribution in [1.29, 1.82) is 0 Å². The Kier molecular flexibility index (Phi) is 5.09. The summed E-state index contributed by atoms with van der Waals surface area (Å²) in [4.78, 5) is 0. The molecule has 0 aliphatic carbocycles. The van der Waals surface area contributed by atoms with Gasteiger partial charge in [0.25, 0.3) is 0 Å². The molecule has 0 saturated carbocycles. The molecular formula is C19H23NO2. The Hall–Kier alpha value is -1.84. The van der Waals surface area contributed by atoms with Gasteiger partial charge in [-0.15, -0.1) is 0 Å². The van der Waals surface area contributed by atoms with Crippen LogP contribution in [-0.2, 0) is 13.0 Å². The van der Waals surface area contributed by atoms with Crippen molar-refractivity contribution in [3.63, 3.8) is 0 Å². The highest BCUT2D eigenvalue weighted by atomic mass is 16.5. The van der Waals surface area contributed by atoms with E-state index in [1.54, 1.807) is 0 Å². The van der Waals surface area contributed by atoms with Crippen LogP contribution in [0.4, 0.5) is 0 Å².